The molecule has 3 N–H and O–H groups in total. The Morgan fingerprint density at radius 3 is 2.54 bits per heavy atom. The molecule has 2 aromatic carbocycles. The van der Waals surface area contributed by atoms with Gasteiger partial charge < -0.3 is 30.0 Å². The number of aryl methyl sites for hydroxylation is 1. The van der Waals surface area contributed by atoms with Gasteiger partial charge >= 0.3 is 11.8 Å². The molecule has 0 saturated heterocycles. The number of ether oxygens (including phenoxy) is 2. The molecule has 0 unspecified atom stereocenters. The van der Waals surface area contributed by atoms with Crippen molar-refractivity contribution in [2.75, 3.05) is 37.5 Å². The average molecular weight is 566 g/mol. The Morgan fingerprint density at radius 2 is 1.85 bits per heavy atom. The van der Waals surface area contributed by atoms with E-state index in [9.17, 15) is 14.4 Å². The van der Waals surface area contributed by atoms with Crippen molar-refractivity contribution in [1.82, 2.24) is 14.9 Å². The molecule has 1 fully saturated rings. The summed E-state index contributed by atoms with van der Waals surface area (Å²) < 4.78 is 12.6. The number of carbonyl (C=O) groups is 2. The second-order valence-corrected chi connectivity index (χ2v) is 11.9. The fourth-order valence-electron chi connectivity index (χ4n) is 5.50. The summed E-state index contributed by atoms with van der Waals surface area (Å²) in [5.74, 6) is 0.630. The molecular formula is C31H43N5O5. The Labute approximate surface area is 241 Å². The molecule has 1 aromatic heterocycles. The van der Waals surface area contributed by atoms with E-state index in [0.29, 0.717) is 32.4 Å². The van der Waals surface area contributed by atoms with Gasteiger partial charge in [0.15, 0.2) is 0 Å². The number of nitrogens with one attached hydrogen (secondary N) is 3. The van der Waals surface area contributed by atoms with E-state index in [1.54, 1.807) is 7.11 Å². The summed E-state index contributed by atoms with van der Waals surface area (Å²) in [4.78, 5) is 43.3. The molecule has 2 amide bonds. The molecule has 0 spiro atoms. The number of benzene rings is 2. The first-order valence-corrected chi connectivity index (χ1v) is 14.3. The topological polar surface area (TPSA) is 118 Å². The summed E-state index contributed by atoms with van der Waals surface area (Å²) >= 11 is 0. The number of alkyl carbamates (subject to hydrolysis) is 1. The summed E-state index contributed by atoms with van der Waals surface area (Å²) in [6.45, 7) is 8.64. The average Bonchev–Trinajstić information content (AvgIpc) is 3.26. The number of aromatic nitrogens is 2. The Morgan fingerprint density at radius 1 is 1.12 bits per heavy atom. The Hall–Kier alpha value is -3.95. The van der Waals surface area contributed by atoms with Crippen LogP contribution in [0.25, 0.3) is 11.0 Å². The quantitative estimate of drug-likeness (QED) is 0.301. The van der Waals surface area contributed by atoms with E-state index in [1.165, 1.54) is 0 Å². The minimum Gasteiger partial charge on any atom is -0.496 e. The van der Waals surface area contributed by atoms with E-state index in [0.717, 1.165) is 46.6 Å². The van der Waals surface area contributed by atoms with Gasteiger partial charge in [-0.15, -0.1) is 0 Å². The van der Waals surface area contributed by atoms with Crippen LogP contribution in [-0.4, -0.2) is 54.4 Å². The molecule has 41 heavy (non-hydrogen) atoms. The number of rotatable bonds is 9. The maximum Gasteiger partial charge on any atom is 0.407 e. The van der Waals surface area contributed by atoms with Crippen LogP contribution >= 0.6 is 0 Å². The molecule has 222 valence electrons. The van der Waals surface area contributed by atoms with E-state index in [-0.39, 0.29) is 23.6 Å². The number of amides is 2. The van der Waals surface area contributed by atoms with Crippen LogP contribution < -0.4 is 26.0 Å². The smallest absolute Gasteiger partial charge is 0.407 e. The zero-order valence-corrected chi connectivity index (χ0v) is 25.0. The van der Waals surface area contributed by atoms with E-state index in [4.69, 9.17) is 9.47 Å². The molecule has 1 aliphatic rings. The highest BCUT2D eigenvalue weighted by molar-refractivity contribution is 5.93. The van der Waals surface area contributed by atoms with Crippen molar-refractivity contribution in [3.63, 3.8) is 0 Å². The third kappa shape index (κ3) is 7.42. The van der Waals surface area contributed by atoms with Gasteiger partial charge in [0.25, 0.3) is 0 Å². The van der Waals surface area contributed by atoms with Crippen LogP contribution in [0.5, 0.6) is 5.75 Å². The molecule has 10 nitrogen and oxygen atoms in total. The largest absolute Gasteiger partial charge is 0.496 e. The standard InChI is InChI=1S/C31H43N5O5/c1-20-11-14-22(19-26(20)40-6)33-28(37)21-12-15-23(16-13-21)36-27-24(34-29(36)38)9-7-10-25(27)35(5)18-8-17-32-30(39)41-31(2,3)4/h7,9-11,14,19,21,23H,8,12-13,15-18H2,1-6H3,(H,32,39)(H,33,37)(H,34,38). The SMILES string of the molecule is COc1cc(NC(=O)C2CCC(n3c(=O)[nH]c4cccc(N(C)CCCNC(=O)OC(C)(C)C)c43)CC2)ccc1C. The first kappa shape index (κ1) is 30.0. The first-order valence-electron chi connectivity index (χ1n) is 14.3. The van der Waals surface area contributed by atoms with Crippen LogP contribution in [0.3, 0.4) is 0 Å². The molecule has 3 aromatic rings. The van der Waals surface area contributed by atoms with Crippen molar-refractivity contribution in [1.29, 1.82) is 0 Å². The van der Waals surface area contributed by atoms with Crippen LogP contribution in [0.1, 0.15) is 64.5 Å². The Balaban J connectivity index is 1.40. The summed E-state index contributed by atoms with van der Waals surface area (Å²) in [6, 6.07) is 11.5. The van der Waals surface area contributed by atoms with Gasteiger partial charge in [-0.05, 0) is 83.6 Å². The predicted octanol–water partition coefficient (Wildman–Crippen LogP) is 5.37. The molecule has 1 heterocycles. The summed E-state index contributed by atoms with van der Waals surface area (Å²) in [5.41, 5.74) is 3.68. The second kappa shape index (κ2) is 12.7. The van der Waals surface area contributed by atoms with E-state index in [1.807, 2.05) is 75.7 Å². The van der Waals surface area contributed by atoms with Gasteiger partial charge in [-0.3, -0.25) is 9.36 Å². The molecule has 0 atom stereocenters. The third-order valence-electron chi connectivity index (χ3n) is 7.57. The summed E-state index contributed by atoms with van der Waals surface area (Å²) in [6.07, 6.45) is 3.16. The van der Waals surface area contributed by atoms with E-state index in [2.05, 4.69) is 20.5 Å². The van der Waals surface area contributed by atoms with Crippen molar-refractivity contribution in [2.24, 2.45) is 5.92 Å². The Bertz CT molecular complexity index is 1430. The predicted molar refractivity (Wildman–Crippen MR) is 162 cm³/mol. The minimum atomic E-state index is -0.535. The van der Waals surface area contributed by atoms with Crippen molar-refractivity contribution in [3.8, 4) is 5.75 Å². The van der Waals surface area contributed by atoms with Gasteiger partial charge in [-0.1, -0.05) is 12.1 Å². The number of aromatic amines is 1. The van der Waals surface area contributed by atoms with Gasteiger partial charge in [0, 0.05) is 43.9 Å². The highest BCUT2D eigenvalue weighted by atomic mass is 16.6. The van der Waals surface area contributed by atoms with Crippen LogP contribution in [0, 0.1) is 12.8 Å². The van der Waals surface area contributed by atoms with Crippen LogP contribution in [-0.2, 0) is 9.53 Å². The number of H-pyrrole nitrogens is 1. The van der Waals surface area contributed by atoms with Crippen LogP contribution in [0.2, 0.25) is 0 Å². The molecular weight excluding hydrogens is 522 g/mol. The monoisotopic (exact) mass is 565 g/mol. The molecule has 0 aliphatic heterocycles. The maximum atomic E-state index is 13.1. The lowest BCUT2D eigenvalue weighted by molar-refractivity contribution is -0.121. The lowest BCUT2D eigenvalue weighted by atomic mass is 9.85. The number of para-hydroxylation sites is 1. The van der Waals surface area contributed by atoms with Crippen molar-refractivity contribution in [3.05, 3.63) is 52.4 Å². The fourth-order valence-corrected chi connectivity index (χ4v) is 5.50. The molecule has 1 aliphatic carbocycles. The number of anilines is 2. The molecule has 4 rings (SSSR count). The zero-order chi connectivity index (χ0) is 29.7. The van der Waals surface area contributed by atoms with E-state index >= 15 is 0 Å². The maximum absolute atomic E-state index is 13.1. The molecule has 0 radical (unpaired) electrons. The normalized spacial score (nSPS) is 17.2. The molecule has 10 heteroatoms. The number of carbonyl (C=O) groups excluding carboxylic acids is 2. The minimum absolute atomic E-state index is 0.000966. The van der Waals surface area contributed by atoms with Crippen LogP contribution in [0.15, 0.2) is 41.2 Å². The number of methoxy groups -OCH3 is 1. The second-order valence-electron chi connectivity index (χ2n) is 11.9. The summed E-state index contributed by atoms with van der Waals surface area (Å²) in [5, 5.41) is 5.83. The van der Waals surface area contributed by atoms with Gasteiger partial charge in [-0.25, -0.2) is 9.59 Å². The number of imidazole rings is 1. The highest BCUT2D eigenvalue weighted by Crippen LogP contribution is 2.36. The van der Waals surface area contributed by atoms with Gasteiger partial charge in [0.05, 0.1) is 23.8 Å². The number of hydrogen-bond donors (Lipinski definition) is 3. The molecule has 0 bridgehead atoms. The number of hydrogen-bond acceptors (Lipinski definition) is 6. The first-order chi connectivity index (χ1) is 19.5. The zero-order valence-electron chi connectivity index (χ0n) is 25.0. The lowest BCUT2D eigenvalue weighted by Crippen LogP contribution is -2.34. The number of fused-ring (bicyclic) bond motifs is 1. The third-order valence-corrected chi connectivity index (χ3v) is 7.57. The summed E-state index contributed by atoms with van der Waals surface area (Å²) in [7, 11) is 3.61. The number of nitrogens with zero attached hydrogens (tertiary/aromatic N) is 2. The van der Waals surface area contributed by atoms with Crippen molar-refractivity contribution < 1.29 is 19.1 Å². The van der Waals surface area contributed by atoms with Gasteiger partial charge in [-0.2, -0.15) is 0 Å². The molecule has 1 saturated carbocycles. The van der Waals surface area contributed by atoms with Crippen molar-refractivity contribution in [2.45, 2.75) is 71.4 Å². The van der Waals surface area contributed by atoms with Gasteiger partial charge in [0.1, 0.15) is 11.4 Å². The van der Waals surface area contributed by atoms with Crippen LogP contribution in [0.4, 0.5) is 16.2 Å². The van der Waals surface area contributed by atoms with Gasteiger partial charge in [0.2, 0.25) is 5.91 Å². The lowest BCUT2D eigenvalue weighted by Gasteiger charge is -2.30. The van der Waals surface area contributed by atoms with Crippen molar-refractivity contribution >= 4 is 34.4 Å². The Kier molecular flexibility index (Phi) is 9.30. The fraction of sp³-hybridized carbons (Fsp3) is 0.516. The highest BCUT2D eigenvalue weighted by Gasteiger charge is 2.30. The van der Waals surface area contributed by atoms with E-state index < -0.39 is 11.7 Å².